The van der Waals surface area contributed by atoms with Crippen LogP contribution in [0, 0.1) is 6.92 Å². The van der Waals surface area contributed by atoms with Crippen LogP contribution in [0.3, 0.4) is 0 Å². The Kier molecular flexibility index (Phi) is 7.72. The zero-order valence-corrected chi connectivity index (χ0v) is 12.4. The smallest absolute Gasteiger partial charge is 0.0974 e. The molecule has 0 saturated carbocycles. The molecule has 0 heterocycles. The predicted molar refractivity (Wildman–Crippen MR) is 79.2 cm³/mol. The number of aryl methyl sites for hydroxylation is 1. The molecule has 0 saturated heterocycles. The quantitative estimate of drug-likeness (QED) is 0.697. The van der Waals surface area contributed by atoms with Gasteiger partial charge in [-0.05, 0) is 25.8 Å². The highest BCUT2D eigenvalue weighted by molar-refractivity contribution is 5.25. The summed E-state index contributed by atoms with van der Waals surface area (Å²) in [6, 6.07) is 8.29. The van der Waals surface area contributed by atoms with E-state index in [2.05, 4.69) is 32.0 Å². The van der Waals surface area contributed by atoms with Crippen molar-refractivity contribution in [2.45, 2.75) is 45.8 Å². The van der Waals surface area contributed by atoms with Crippen LogP contribution < -0.4 is 5.73 Å². The Hall–Kier alpha value is -0.900. The predicted octanol–water partition coefficient (Wildman–Crippen LogP) is 3.22. The summed E-state index contributed by atoms with van der Waals surface area (Å²) in [6.07, 6.45) is 2.20. The number of rotatable bonds is 9. The maximum absolute atomic E-state index is 6.02. The minimum atomic E-state index is -0.0605. The van der Waals surface area contributed by atoms with Crippen molar-refractivity contribution in [2.24, 2.45) is 5.73 Å². The van der Waals surface area contributed by atoms with Crippen molar-refractivity contribution in [3.63, 3.8) is 0 Å². The maximum Gasteiger partial charge on any atom is 0.0974 e. The molecule has 0 bridgehead atoms. The lowest BCUT2D eigenvalue weighted by molar-refractivity contribution is -0.00530. The van der Waals surface area contributed by atoms with E-state index in [0.717, 1.165) is 25.0 Å². The third-order valence-corrected chi connectivity index (χ3v) is 3.02. The Morgan fingerprint density at radius 1 is 1.21 bits per heavy atom. The van der Waals surface area contributed by atoms with Crippen molar-refractivity contribution in [2.75, 3.05) is 19.8 Å². The van der Waals surface area contributed by atoms with E-state index in [4.69, 9.17) is 15.2 Å². The Bertz CT molecular complexity index is 352. The standard InChI is InChI=1S/C16H27NO2/c1-4-5-9-18-10-11-19-16(14(3)17)15-8-6-7-13(2)12-15/h6-8,12,14,16H,4-5,9-11,17H2,1-3H3. The monoisotopic (exact) mass is 265 g/mol. The molecule has 3 nitrogen and oxygen atoms in total. The van der Waals surface area contributed by atoms with Gasteiger partial charge in [-0.2, -0.15) is 0 Å². The van der Waals surface area contributed by atoms with Crippen molar-refractivity contribution in [1.82, 2.24) is 0 Å². The lowest BCUT2D eigenvalue weighted by Crippen LogP contribution is -2.28. The first-order valence-electron chi connectivity index (χ1n) is 7.16. The van der Waals surface area contributed by atoms with Gasteiger partial charge in [-0.3, -0.25) is 0 Å². The average molecular weight is 265 g/mol. The second-order valence-corrected chi connectivity index (χ2v) is 5.03. The van der Waals surface area contributed by atoms with Gasteiger partial charge in [-0.15, -0.1) is 0 Å². The topological polar surface area (TPSA) is 44.5 Å². The van der Waals surface area contributed by atoms with Crippen molar-refractivity contribution in [1.29, 1.82) is 0 Å². The normalized spacial score (nSPS) is 14.3. The second-order valence-electron chi connectivity index (χ2n) is 5.03. The summed E-state index contributed by atoms with van der Waals surface area (Å²) in [5.74, 6) is 0. The van der Waals surface area contributed by atoms with E-state index in [1.807, 2.05) is 13.0 Å². The molecule has 0 fully saturated rings. The largest absolute Gasteiger partial charge is 0.379 e. The molecular weight excluding hydrogens is 238 g/mol. The zero-order valence-electron chi connectivity index (χ0n) is 12.4. The summed E-state index contributed by atoms with van der Waals surface area (Å²) < 4.78 is 11.4. The lowest BCUT2D eigenvalue weighted by Gasteiger charge is -2.22. The fourth-order valence-corrected chi connectivity index (χ4v) is 1.98. The van der Waals surface area contributed by atoms with Crippen molar-refractivity contribution in [3.8, 4) is 0 Å². The molecule has 0 radical (unpaired) electrons. The van der Waals surface area contributed by atoms with Crippen LogP contribution in [-0.4, -0.2) is 25.9 Å². The van der Waals surface area contributed by atoms with E-state index in [1.54, 1.807) is 0 Å². The Morgan fingerprint density at radius 3 is 2.63 bits per heavy atom. The fourth-order valence-electron chi connectivity index (χ4n) is 1.98. The van der Waals surface area contributed by atoms with Crippen LogP contribution in [0.5, 0.6) is 0 Å². The highest BCUT2D eigenvalue weighted by Gasteiger charge is 2.16. The SMILES string of the molecule is CCCCOCCOC(c1cccc(C)c1)C(C)N. The zero-order chi connectivity index (χ0) is 14.1. The van der Waals surface area contributed by atoms with Gasteiger partial charge in [0.15, 0.2) is 0 Å². The van der Waals surface area contributed by atoms with E-state index in [-0.39, 0.29) is 12.1 Å². The molecule has 2 unspecified atom stereocenters. The highest BCUT2D eigenvalue weighted by atomic mass is 16.5. The summed E-state index contributed by atoms with van der Waals surface area (Å²) in [6.45, 7) is 8.25. The van der Waals surface area contributed by atoms with E-state index in [1.165, 1.54) is 5.56 Å². The van der Waals surface area contributed by atoms with Crippen molar-refractivity contribution in [3.05, 3.63) is 35.4 Å². The third kappa shape index (κ3) is 6.19. The van der Waals surface area contributed by atoms with Gasteiger partial charge >= 0.3 is 0 Å². The van der Waals surface area contributed by atoms with Crippen molar-refractivity contribution < 1.29 is 9.47 Å². The van der Waals surface area contributed by atoms with Gasteiger partial charge < -0.3 is 15.2 Å². The minimum absolute atomic E-state index is 0.0301. The summed E-state index contributed by atoms with van der Waals surface area (Å²) in [7, 11) is 0. The van der Waals surface area contributed by atoms with Crippen LogP contribution >= 0.6 is 0 Å². The number of unbranched alkanes of at least 4 members (excludes halogenated alkanes) is 1. The molecule has 2 atom stereocenters. The molecule has 19 heavy (non-hydrogen) atoms. The third-order valence-electron chi connectivity index (χ3n) is 3.02. The van der Waals surface area contributed by atoms with Crippen LogP contribution in [0.4, 0.5) is 0 Å². The Morgan fingerprint density at radius 2 is 2.00 bits per heavy atom. The van der Waals surface area contributed by atoms with E-state index in [9.17, 15) is 0 Å². The summed E-state index contributed by atoms with van der Waals surface area (Å²) in [4.78, 5) is 0. The van der Waals surface area contributed by atoms with Crippen LogP contribution in [-0.2, 0) is 9.47 Å². The molecule has 1 rings (SSSR count). The molecule has 0 amide bonds. The molecule has 0 aliphatic rings. The molecule has 0 aliphatic heterocycles. The van der Waals surface area contributed by atoms with Crippen LogP contribution in [0.1, 0.15) is 43.9 Å². The molecule has 1 aromatic carbocycles. The van der Waals surface area contributed by atoms with E-state index in [0.29, 0.717) is 13.2 Å². The molecule has 0 spiro atoms. The Balaban J connectivity index is 2.41. The summed E-state index contributed by atoms with van der Waals surface area (Å²) in [5.41, 5.74) is 8.39. The van der Waals surface area contributed by atoms with Crippen molar-refractivity contribution >= 4 is 0 Å². The lowest BCUT2D eigenvalue weighted by atomic mass is 10.0. The number of hydrogen-bond donors (Lipinski definition) is 1. The Labute approximate surface area is 117 Å². The number of hydrogen-bond acceptors (Lipinski definition) is 3. The first-order chi connectivity index (χ1) is 9.15. The molecule has 0 aliphatic carbocycles. The highest BCUT2D eigenvalue weighted by Crippen LogP contribution is 2.21. The molecule has 0 aromatic heterocycles. The van der Waals surface area contributed by atoms with Gasteiger partial charge in [0.05, 0.1) is 19.3 Å². The van der Waals surface area contributed by atoms with Crippen LogP contribution in [0.2, 0.25) is 0 Å². The van der Waals surface area contributed by atoms with Crippen LogP contribution in [0.25, 0.3) is 0 Å². The number of benzene rings is 1. The van der Waals surface area contributed by atoms with Gasteiger partial charge in [-0.25, -0.2) is 0 Å². The van der Waals surface area contributed by atoms with Gasteiger partial charge in [0.1, 0.15) is 0 Å². The van der Waals surface area contributed by atoms with Crippen LogP contribution in [0.15, 0.2) is 24.3 Å². The number of ether oxygens (including phenoxy) is 2. The van der Waals surface area contributed by atoms with E-state index >= 15 is 0 Å². The van der Waals surface area contributed by atoms with E-state index < -0.39 is 0 Å². The summed E-state index contributed by atoms with van der Waals surface area (Å²) >= 11 is 0. The molecule has 3 heteroatoms. The van der Waals surface area contributed by atoms with Gasteiger partial charge in [0, 0.05) is 12.6 Å². The van der Waals surface area contributed by atoms with Gasteiger partial charge in [-0.1, -0.05) is 43.2 Å². The fraction of sp³-hybridized carbons (Fsp3) is 0.625. The molecule has 108 valence electrons. The molecule has 2 N–H and O–H groups in total. The molecule has 1 aromatic rings. The average Bonchev–Trinajstić information content (AvgIpc) is 2.37. The van der Waals surface area contributed by atoms with Gasteiger partial charge in [0.25, 0.3) is 0 Å². The number of nitrogens with two attached hydrogens (primary N) is 1. The van der Waals surface area contributed by atoms with Gasteiger partial charge in [0.2, 0.25) is 0 Å². The first kappa shape index (κ1) is 16.2. The second kappa shape index (κ2) is 9.08. The summed E-state index contributed by atoms with van der Waals surface area (Å²) in [5, 5.41) is 0. The maximum atomic E-state index is 6.02. The first-order valence-corrected chi connectivity index (χ1v) is 7.16. The molecular formula is C16H27NO2. The minimum Gasteiger partial charge on any atom is -0.379 e.